The van der Waals surface area contributed by atoms with Crippen molar-refractivity contribution >= 4 is 0 Å². The molecule has 1 aromatic carbocycles. The maximum absolute atomic E-state index is 7.33. The van der Waals surface area contributed by atoms with E-state index in [2.05, 4.69) is 11.8 Å². The molecular weight excluding hydrogens is 188 g/mol. The van der Waals surface area contributed by atoms with Gasteiger partial charge in [-0.05, 0) is 30.3 Å². The molecule has 0 aliphatic heterocycles. The van der Waals surface area contributed by atoms with Gasteiger partial charge in [-0.3, -0.25) is 5.26 Å². The fourth-order valence-electron chi connectivity index (χ4n) is 1.48. The minimum atomic E-state index is -2.32. The van der Waals surface area contributed by atoms with Crippen molar-refractivity contribution in [2.45, 2.75) is 32.2 Å². The van der Waals surface area contributed by atoms with Gasteiger partial charge in [-0.2, -0.15) is 0 Å². The van der Waals surface area contributed by atoms with Crippen LogP contribution in [0.2, 0.25) is 0 Å². The highest BCUT2D eigenvalue weighted by molar-refractivity contribution is 5.19. The summed E-state index contributed by atoms with van der Waals surface area (Å²) in [5.41, 5.74) is 1.02. The third-order valence-electron chi connectivity index (χ3n) is 2.44. The molecule has 1 N–H and O–H groups in total. The first-order chi connectivity index (χ1) is 8.86. The highest BCUT2D eigenvalue weighted by atomic mass is 17.1. The van der Waals surface area contributed by atoms with Gasteiger partial charge in [0.25, 0.3) is 1.43 Å². The molecule has 0 aliphatic carbocycles. The van der Waals surface area contributed by atoms with Crippen molar-refractivity contribution in [1.82, 2.24) is 0 Å². The van der Waals surface area contributed by atoms with Crippen molar-refractivity contribution in [3.63, 3.8) is 0 Å². The monoisotopic (exact) mass is 210 g/mol. The Morgan fingerprint density at radius 1 is 1.60 bits per heavy atom. The van der Waals surface area contributed by atoms with Crippen LogP contribution in [0.4, 0.5) is 0 Å². The molecule has 0 spiro atoms. The molecule has 0 amide bonds. The van der Waals surface area contributed by atoms with E-state index in [4.69, 9.17) is 10.4 Å². The van der Waals surface area contributed by atoms with Gasteiger partial charge in [0.1, 0.15) is 6.10 Å². The van der Waals surface area contributed by atoms with Crippen LogP contribution in [0.25, 0.3) is 1.43 Å². The van der Waals surface area contributed by atoms with E-state index in [1.165, 1.54) is 0 Å². The second-order valence-corrected chi connectivity index (χ2v) is 3.66. The summed E-state index contributed by atoms with van der Waals surface area (Å²) in [5.74, 6) is 0.0699. The van der Waals surface area contributed by atoms with Gasteiger partial charge in [0.2, 0.25) is 0 Å². The van der Waals surface area contributed by atoms with E-state index in [1.54, 1.807) is 0 Å². The van der Waals surface area contributed by atoms with Gasteiger partial charge in [0.15, 0.2) is 0 Å². The van der Waals surface area contributed by atoms with Gasteiger partial charge < -0.3 is 0 Å². The zero-order valence-corrected chi connectivity index (χ0v) is 8.77. The molecule has 0 aromatic heterocycles. The van der Waals surface area contributed by atoms with Crippen molar-refractivity contribution in [2.75, 3.05) is 0 Å². The van der Waals surface area contributed by atoms with Crippen LogP contribution in [-0.4, -0.2) is 11.4 Å². The minimum Gasteiger partial charge on any atom is -0.251 e. The topological polar surface area (TPSA) is 29.5 Å². The van der Waals surface area contributed by atoms with E-state index in [9.17, 15) is 0 Å². The predicted molar refractivity (Wildman–Crippen MR) is 61.8 cm³/mol. The van der Waals surface area contributed by atoms with Gasteiger partial charge in [0, 0.05) is 4.11 Å². The van der Waals surface area contributed by atoms with E-state index < -0.39 is 13.0 Å². The lowest BCUT2D eigenvalue weighted by atomic mass is 9.93. The van der Waals surface area contributed by atoms with Crippen LogP contribution < -0.4 is 0 Å². The predicted octanol–water partition coefficient (Wildman–Crippen LogP) is 3.61. The highest BCUT2D eigenvalue weighted by Gasteiger charge is 2.15. The van der Waals surface area contributed by atoms with Gasteiger partial charge in [-0.15, -0.1) is 0 Å². The molecule has 0 radical (unpaired) electrons. The normalized spacial score (nSPS) is 19.3. The molecule has 2 heteroatoms. The van der Waals surface area contributed by atoms with Crippen LogP contribution in [0, 0.1) is 0 Å². The van der Waals surface area contributed by atoms with Crippen LogP contribution in [0.15, 0.2) is 42.5 Å². The number of rotatable bonds is 6. The lowest BCUT2D eigenvalue weighted by molar-refractivity contribution is -0.270. The van der Waals surface area contributed by atoms with Crippen LogP contribution in [0.3, 0.4) is 0 Å². The molecule has 0 bridgehead atoms. The van der Waals surface area contributed by atoms with E-state index in [-0.39, 0.29) is 11.5 Å². The molecule has 82 valence electrons. The standard InChI is InChI=1S/C13H18O2/c1-10(2)13(15-14)9-11(3)12-7-5-4-6-8-12/h4-8,11,13-14H,1,9H2,2-3H3/t11-,13-/m0/s1/i2D3/hD. The molecular formula is C13H18O2. The summed E-state index contributed by atoms with van der Waals surface area (Å²) in [6.07, 6.45) is -0.444. The molecule has 15 heavy (non-hydrogen) atoms. The summed E-state index contributed by atoms with van der Waals surface area (Å²) in [6, 6.07) is 9.67. The molecule has 1 aromatic rings. The second-order valence-electron chi connectivity index (χ2n) is 3.66. The first-order valence-corrected chi connectivity index (χ1v) is 4.89. The van der Waals surface area contributed by atoms with Crippen LogP contribution in [-0.2, 0) is 4.89 Å². The third kappa shape index (κ3) is 3.50. The summed E-state index contributed by atoms with van der Waals surface area (Å²) in [6.45, 7) is 3.18. The average molecular weight is 210 g/mol. The summed E-state index contributed by atoms with van der Waals surface area (Å²) in [4.78, 5) is 4.73. The molecule has 0 heterocycles. The smallest absolute Gasteiger partial charge is 0.251 e. The lowest BCUT2D eigenvalue weighted by Crippen LogP contribution is -2.15. The first kappa shape index (κ1) is 7.20. The minimum absolute atomic E-state index is 0.0532. The summed E-state index contributed by atoms with van der Waals surface area (Å²) < 4.78 is 28.6. The molecule has 0 saturated carbocycles. The Hall–Kier alpha value is -1.12. The summed E-state index contributed by atoms with van der Waals surface area (Å²) >= 11 is 0. The van der Waals surface area contributed by atoms with Crippen LogP contribution in [0.1, 0.15) is 35.8 Å². The van der Waals surface area contributed by atoms with E-state index in [0.717, 1.165) is 5.56 Å². The zero-order valence-electron chi connectivity index (χ0n) is 12.8. The van der Waals surface area contributed by atoms with Crippen molar-refractivity contribution in [1.29, 1.82) is 1.43 Å². The number of hydrogen-bond donors (Lipinski definition) is 1. The largest absolute Gasteiger partial charge is 0.255 e. The highest BCUT2D eigenvalue weighted by Crippen LogP contribution is 2.23. The Morgan fingerprint density at radius 2 is 2.33 bits per heavy atom. The SMILES string of the molecule is [2H]OO[C@@H](C[C@H](C)c1ccccc1)C(=C)C([2H])([2H])[2H]. The Balaban J connectivity index is 2.76. The second kappa shape index (κ2) is 5.69. The maximum atomic E-state index is 7.33. The number of benzene rings is 1. The molecule has 2 nitrogen and oxygen atoms in total. The van der Waals surface area contributed by atoms with Crippen LogP contribution in [0.5, 0.6) is 0 Å². The Kier molecular flexibility index (Phi) is 2.73. The molecule has 0 aliphatic rings. The molecule has 1 rings (SSSR count). The third-order valence-corrected chi connectivity index (χ3v) is 2.44. The maximum Gasteiger partial charge on any atom is 0.255 e. The van der Waals surface area contributed by atoms with E-state index >= 15 is 0 Å². The van der Waals surface area contributed by atoms with E-state index in [1.807, 2.05) is 37.3 Å². The van der Waals surface area contributed by atoms with Gasteiger partial charge in [0.05, 0.1) is 0 Å². The van der Waals surface area contributed by atoms with Crippen molar-refractivity contribution in [2.24, 2.45) is 0 Å². The zero-order chi connectivity index (χ0) is 14.5. The fraction of sp³-hybridized carbons (Fsp3) is 0.385. The Bertz CT molecular complexity index is 403. The first-order valence-electron chi connectivity index (χ1n) is 6.80. The van der Waals surface area contributed by atoms with Gasteiger partial charge in [-0.1, -0.05) is 43.8 Å². The summed E-state index contributed by atoms with van der Waals surface area (Å²) in [5, 5.41) is 3.90. The number of hydrogen-bond acceptors (Lipinski definition) is 2. The van der Waals surface area contributed by atoms with Gasteiger partial charge >= 0.3 is 0 Å². The molecule has 0 unspecified atom stereocenters. The van der Waals surface area contributed by atoms with Crippen molar-refractivity contribution in [3.05, 3.63) is 48.0 Å². The van der Waals surface area contributed by atoms with E-state index in [0.29, 0.717) is 6.42 Å². The average Bonchev–Trinajstić information content (AvgIpc) is 2.37. The van der Waals surface area contributed by atoms with Crippen molar-refractivity contribution in [3.8, 4) is 0 Å². The molecule has 0 saturated heterocycles. The van der Waals surface area contributed by atoms with Crippen molar-refractivity contribution < 1.29 is 14.3 Å². The Morgan fingerprint density at radius 3 is 2.93 bits per heavy atom. The fourth-order valence-corrected chi connectivity index (χ4v) is 1.48. The van der Waals surface area contributed by atoms with Crippen LogP contribution >= 0.6 is 0 Å². The van der Waals surface area contributed by atoms with Gasteiger partial charge in [-0.25, -0.2) is 4.89 Å². The summed E-state index contributed by atoms with van der Waals surface area (Å²) in [7, 11) is 0. The molecule has 2 atom stereocenters. The molecule has 0 fully saturated rings. The quantitative estimate of drug-likeness (QED) is 0.441. The Labute approximate surface area is 96.8 Å². The lowest BCUT2D eigenvalue weighted by Gasteiger charge is -2.18.